The van der Waals surface area contributed by atoms with Crippen LogP contribution in [0.3, 0.4) is 0 Å². The van der Waals surface area contributed by atoms with E-state index in [0.29, 0.717) is 6.54 Å². The van der Waals surface area contributed by atoms with Gasteiger partial charge in [0.05, 0.1) is 0 Å². The second-order valence-corrected chi connectivity index (χ2v) is 5.19. The standard InChI is InChI=1S/C17H20N2O/c18-11-15-6-7-17-16(10-15)13-19(8-9-20-17)12-14-4-2-1-3-5-14/h1-7,10H,8-9,11-13,18H2. The highest BCUT2D eigenvalue weighted by Crippen LogP contribution is 2.25. The molecule has 0 aliphatic carbocycles. The second-order valence-electron chi connectivity index (χ2n) is 5.19. The predicted octanol–water partition coefficient (Wildman–Crippen LogP) is 2.54. The van der Waals surface area contributed by atoms with Crippen molar-refractivity contribution >= 4 is 0 Å². The van der Waals surface area contributed by atoms with Gasteiger partial charge in [0.25, 0.3) is 0 Å². The van der Waals surface area contributed by atoms with Crippen molar-refractivity contribution in [3.8, 4) is 5.75 Å². The summed E-state index contributed by atoms with van der Waals surface area (Å²) in [6.45, 7) is 4.13. The first-order valence-corrected chi connectivity index (χ1v) is 7.06. The molecule has 3 heteroatoms. The Morgan fingerprint density at radius 1 is 1.05 bits per heavy atom. The zero-order chi connectivity index (χ0) is 13.8. The van der Waals surface area contributed by atoms with Crippen LogP contribution in [-0.2, 0) is 19.6 Å². The molecule has 0 amide bonds. The summed E-state index contributed by atoms with van der Waals surface area (Å²) in [6, 6.07) is 16.8. The molecule has 0 fully saturated rings. The maximum Gasteiger partial charge on any atom is 0.123 e. The Morgan fingerprint density at radius 2 is 1.90 bits per heavy atom. The molecule has 2 aromatic rings. The van der Waals surface area contributed by atoms with Crippen LogP contribution < -0.4 is 10.5 Å². The first-order valence-electron chi connectivity index (χ1n) is 7.06. The van der Waals surface area contributed by atoms with Gasteiger partial charge in [-0.1, -0.05) is 36.4 Å². The van der Waals surface area contributed by atoms with Crippen LogP contribution >= 0.6 is 0 Å². The minimum atomic E-state index is 0.575. The average Bonchev–Trinajstić information content (AvgIpc) is 2.69. The van der Waals surface area contributed by atoms with Gasteiger partial charge in [0.1, 0.15) is 12.4 Å². The van der Waals surface area contributed by atoms with Gasteiger partial charge in [0.2, 0.25) is 0 Å². The zero-order valence-corrected chi connectivity index (χ0v) is 11.6. The zero-order valence-electron chi connectivity index (χ0n) is 11.6. The smallest absolute Gasteiger partial charge is 0.123 e. The van der Waals surface area contributed by atoms with Crippen LogP contribution in [0.4, 0.5) is 0 Å². The molecule has 0 unspecified atom stereocenters. The van der Waals surface area contributed by atoms with E-state index in [0.717, 1.165) is 37.6 Å². The van der Waals surface area contributed by atoms with E-state index in [2.05, 4.69) is 41.3 Å². The molecule has 0 atom stereocenters. The van der Waals surface area contributed by atoms with Crippen molar-refractivity contribution in [2.24, 2.45) is 5.73 Å². The first kappa shape index (κ1) is 13.2. The highest BCUT2D eigenvalue weighted by atomic mass is 16.5. The van der Waals surface area contributed by atoms with Crippen LogP contribution in [-0.4, -0.2) is 18.1 Å². The van der Waals surface area contributed by atoms with Gasteiger partial charge in [-0.15, -0.1) is 0 Å². The van der Waals surface area contributed by atoms with Crippen molar-refractivity contribution in [1.29, 1.82) is 0 Å². The second kappa shape index (κ2) is 6.07. The third-order valence-electron chi connectivity index (χ3n) is 3.67. The fourth-order valence-electron chi connectivity index (χ4n) is 2.61. The van der Waals surface area contributed by atoms with E-state index < -0.39 is 0 Å². The maximum absolute atomic E-state index is 5.83. The molecule has 20 heavy (non-hydrogen) atoms. The molecular weight excluding hydrogens is 248 g/mol. The Labute approximate surface area is 120 Å². The summed E-state index contributed by atoms with van der Waals surface area (Å²) < 4.78 is 5.83. The topological polar surface area (TPSA) is 38.5 Å². The summed E-state index contributed by atoms with van der Waals surface area (Å²) in [6.07, 6.45) is 0. The third kappa shape index (κ3) is 3.00. The predicted molar refractivity (Wildman–Crippen MR) is 80.4 cm³/mol. The lowest BCUT2D eigenvalue weighted by Gasteiger charge is -2.19. The van der Waals surface area contributed by atoms with E-state index in [-0.39, 0.29) is 0 Å². The molecule has 3 rings (SSSR count). The number of hydrogen-bond donors (Lipinski definition) is 1. The molecule has 0 bridgehead atoms. The van der Waals surface area contributed by atoms with E-state index in [9.17, 15) is 0 Å². The number of nitrogens with zero attached hydrogens (tertiary/aromatic N) is 1. The average molecular weight is 268 g/mol. The molecule has 0 saturated heterocycles. The highest BCUT2D eigenvalue weighted by Gasteiger charge is 2.15. The molecule has 1 heterocycles. The quantitative estimate of drug-likeness (QED) is 0.929. The SMILES string of the molecule is NCc1ccc2c(c1)CN(Cc1ccccc1)CCO2. The molecule has 0 spiro atoms. The van der Waals surface area contributed by atoms with Crippen LogP contribution in [0.15, 0.2) is 48.5 Å². The number of nitrogens with two attached hydrogens (primary N) is 1. The lowest BCUT2D eigenvalue weighted by atomic mass is 10.1. The van der Waals surface area contributed by atoms with E-state index in [1.807, 2.05) is 12.1 Å². The Balaban J connectivity index is 1.78. The summed E-state index contributed by atoms with van der Waals surface area (Å²) in [5.41, 5.74) is 9.46. The monoisotopic (exact) mass is 268 g/mol. The minimum absolute atomic E-state index is 0.575. The summed E-state index contributed by atoms with van der Waals surface area (Å²) in [4.78, 5) is 2.42. The van der Waals surface area contributed by atoms with Crippen LogP contribution in [0, 0.1) is 0 Å². The number of hydrogen-bond acceptors (Lipinski definition) is 3. The highest BCUT2D eigenvalue weighted by molar-refractivity contribution is 5.38. The van der Waals surface area contributed by atoms with Crippen molar-refractivity contribution in [2.75, 3.05) is 13.2 Å². The largest absolute Gasteiger partial charge is 0.492 e. The lowest BCUT2D eigenvalue weighted by molar-refractivity contribution is 0.219. The number of benzene rings is 2. The molecule has 1 aliphatic heterocycles. The van der Waals surface area contributed by atoms with Crippen molar-refractivity contribution in [3.63, 3.8) is 0 Å². The summed E-state index contributed by atoms with van der Waals surface area (Å²) in [5.74, 6) is 0.998. The van der Waals surface area contributed by atoms with Crippen LogP contribution in [0.1, 0.15) is 16.7 Å². The number of fused-ring (bicyclic) bond motifs is 1. The normalized spacial score (nSPS) is 15.2. The van der Waals surface area contributed by atoms with Gasteiger partial charge in [0, 0.05) is 31.7 Å². The summed E-state index contributed by atoms with van der Waals surface area (Å²) >= 11 is 0. The molecule has 1 aliphatic rings. The van der Waals surface area contributed by atoms with Crippen molar-refractivity contribution in [1.82, 2.24) is 4.90 Å². The maximum atomic E-state index is 5.83. The van der Waals surface area contributed by atoms with Gasteiger partial charge in [-0.05, 0) is 23.3 Å². The molecule has 3 nitrogen and oxygen atoms in total. The number of ether oxygens (including phenoxy) is 1. The Morgan fingerprint density at radius 3 is 2.70 bits per heavy atom. The van der Waals surface area contributed by atoms with E-state index in [4.69, 9.17) is 10.5 Å². The first-order chi connectivity index (χ1) is 9.85. The van der Waals surface area contributed by atoms with E-state index in [1.54, 1.807) is 0 Å². The van der Waals surface area contributed by atoms with Gasteiger partial charge in [0.15, 0.2) is 0 Å². The summed E-state index contributed by atoms with van der Waals surface area (Å²) in [7, 11) is 0. The third-order valence-corrected chi connectivity index (χ3v) is 3.67. The van der Waals surface area contributed by atoms with Gasteiger partial charge in [-0.3, -0.25) is 4.90 Å². The number of rotatable bonds is 3. The fraction of sp³-hybridized carbons (Fsp3) is 0.294. The van der Waals surface area contributed by atoms with Gasteiger partial charge in [-0.25, -0.2) is 0 Å². The van der Waals surface area contributed by atoms with Crippen molar-refractivity contribution in [3.05, 3.63) is 65.2 Å². The van der Waals surface area contributed by atoms with E-state index in [1.165, 1.54) is 11.1 Å². The summed E-state index contributed by atoms with van der Waals surface area (Å²) in [5, 5.41) is 0. The van der Waals surface area contributed by atoms with Crippen molar-refractivity contribution < 1.29 is 4.74 Å². The molecule has 2 aromatic carbocycles. The molecular formula is C17H20N2O. The van der Waals surface area contributed by atoms with Crippen LogP contribution in [0.5, 0.6) is 5.75 Å². The molecule has 0 radical (unpaired) electrons. The van der Waals surface area contributed by atoms with Crippen LogP contribution in [0.2, 0.25) is 0 Å². The molecule has 0 aromatic heterocycles. The van der Waals surface area contributed by atoms with E-state index >= 15 is 0 Å². The van der Waals surface area contributed by atoms with Gasteiger partial charge >= 0.3 is 0 Å². The fourth-order valence-corrected chi connectivity index (χ4v) is 2.61. The van der Waals surface area contributed by atoms with Gasteiger partial charge in [-0.2, -0.15) is 0 Å². The Kier molecular flexibility index (Phi) is 4.00. The lowest BCUT2D eigenvalue weighted by Crippen LogP contribution is -2.25. The van der Waals surface area contributed by atoms with Crippen LogP contribution in [0.25, 0.3) is 0 Å². The van der Waals surface area contributed by atoms with Crippen molar-refractivity contribution in [2.45, 2.75) is 19.6 Å². The molecule has 2 N–H and O–H groups in total. The Bertz CT molecular complexity index is 568. The minimum Gasteiger partial charge on any atom is -0.492 e. The molecule has 0 saturated carbocycles. The molecule has 104 valence electrons. The Hall–Kier alpha value is -1.84. The van der Waals surface area contributed by atoms with Gasteiger partial charge < -0.3 is 10.5 Å².